The predicted molar refractivity (Wildman–Crippen MR) is 272 cm³/mol. The molecule has 0 N–H and O–H groups in total. The molecule has 3 aromatic heterocycles. The Hall–Kier alpha value is -8.19. The first-order valence-electron chi connectivity index (χ1n) is 37.3. The first-order chi connectivity index (χ1) is 47.0. The fraction of sp³-hybridized carbons (Fsp3) is 0.0339. The Labute approximate surface area is 429 Å². The van der Waals surface area contributed by atoms with Gasteiger partial charge in [-0.3, -0.25) is 9.13 Å². The van der Waals surface area contributed by atoms with Crippen LogP contribution in [0.15, 0.2) is 224 Å². The molecular weight excluding hydrogens is 807 g/mol. The van der Waals surface area contributed by atoms with Gasteiger partial charge < -0.3 is 0 Å². The molecular formula is C59H43N5Si. The Morgan fingerprint density at radius 3 is 1.34 bits per heavy atom. The molecule has 0 saturated heterocycles. The number of aryl methyl sites for hydroxylation is 1. The smallest absolute Gasteiger partial charge is 0.240 e. The zero-order valence-electron chi connectivity index (χ0n) is 69.0. The predicted octanol–water partition coefficient (Wildman–Crippen LogP) is 11.4. The van der Waals surface area contributed by atoms with Gasteiger partial charge in [-0.15, -0.1) is 0 Å². The van der Waals surface area contributed by atoms with E-state index in [0.717, 1.165) is 0 Å². The molecule has 0 spiro atoms. The first-order valence-corrected chi connectivity index (χ1v) is 21.3. The van der Waals surface area contributed by atoms with E-state index in [9.17, 15) is 26.0 Å². The van der Waals surface area contributed by atoms with Crippen molar-refractivity contribution in [3.05, 3.63) is 235 Å². The number of para-hydroxylation sites is 4. The summed E-state index contributed by atoms with van der Waals surface area (Å²) in [5.74, 6) is -3.34. The van der Waals surface area contributed by atoms with Crippen LogP contribution in [0.5, 0.6) is 0 Å². The molecule has 65 heavy (non-hydrogen) atoms. The van der Waals surface area contributed by atoms with Crippen LogP contribution in [0.3, 0.4) is 0 Å². The summed E-state index contributed by atoms with van der Waals surface area (Å²) in [6.45, 7) is -2.07. The summed E-state index contributed by atoms with van der Waals surface area (Å²) in [6.07, 6.45) is 0. The molecule has 1 unspecified atom stereocenters. The van der Waals surface area contributed by atoms with Gasteiger partial charge in [0.15, 0.2) is 13.9 Å². The van der Waals surface area contributed by atoms with E-state index >= 15 is 0 Å². The molecule has 9 aromatic carbocycles. The summed E-state index contributed by atoms with van der Waals surface area (Å²) in [7, 11) is -6.30. The third-order valence-corrected chi connectivity index (χ3v) is 14.7. The van der Waals surface area contributed by atoms with Gasteiger partial charge in [0.05, 0.1) is 67.3 Å². The van der Waals surface area contributed by atoms with Gasteiger partial charge in [0.2, 0.25) is 11.9 Å². The summed E-state index contributed by atoms with van der Waals surface area (Å²) in [6, 6.07) is -30.9. The van der Waals surface area contributed by atoms with Gasteiger partial charge >= 0.3 is 0 Å². The highest BCUT2D eigenvalue weighted by atomic mass is 28.3. The maximum Gasteiger partial charge on any atom is 0.240 e. The fourth-order valence-electron chi connectivity index (χ4n) is 7.72. The molecule has 6 heteroatoms. The first kappa shape index (κ1) is 16.4. The number of rotatable bonds is 8. The molecule has 0 fully saturated rings. The molecule has 0 bridgehead atoms. The van der Waals surface area contributed by atoms with E-state index in [1.807, 2.05) is 0 Å². The van der Waals surface area contributed by atoms with Crippen molar-refractivity contribution in [2.75, 3.05) is 0 Å². The van der Waals surface area contributed by atoms with Gasteiger partial charge in [0, 0.05) is 31.2 Å². The van der Waals surface area contributed by atoms with Crippen LogP contribution in [0.2, 0.25) is 0 Å². The number of fused-ring (bicyclic) bond motifs is 6. The molecule has 12 rings (SSSR count). The summed E-state index contributed by atoms with van der Waals surface area (Å²) in [5, 5.41) is -6.14. The molecule has 0 saturated carbocycles. The van der Waals surface area contributed by atoms with Crippen LogP contribution in [0.25, 0.3) is 78.0 Å². The Morgan fingerprint density at radius 1 is 0.385 bits per heavy atom. The van der Waals surface area contributed by atoms with Crippen LogP contribution < -0.4 is 20.7 Å². The van der Waals surface area contributed by atoms with Crippen molar-refractivity contribution in [2.24, 2.45) is 0 Å². The zero-order valence-corrected chi connectivity index (χ0v) is 34.0. The molecule has 3 heterocycles. The van der Waals surface area contributed by atoms with E-state index in [1.165, 1.54) is 24.3 Å². The van der Waals surface area contributed by atoms with Crippen molar-refractivity contribution < 1.29 is 49.3 Å². The summed E-state index contributed by atoms with van der Waals surface area (Å²) in [4.78, 5) is 13.9. The third-order valence-electron chi connectivity index (χ3n) is 10.5. The lowest BCUT2D eigenvalue weighted by Gasteiger charge is -2.35. The Kier molecular flexibility index (Phi) is 3.93. The van der Waals surface area contributed by atoms with Crippen molar-refractivity contribution in [2.45, 2.75) is 13.8 Å². The van der Waals surface area contributed by atoms with Crippen LogP contribution in [-0.4, -0.2) is 32.2 Å². The highest BCUT2D eigenvalue weighted by molar-refractivity contribution is 7.20. The number of benzene rings is 9. The lowest BCUT2D eigenvalue weighted by molar-refractivity contribution is 0.893. The van der Waals surface area contributed by atoms with Crippen LogP contribution in [-0.2, 0) is 0 Å². The molecule has 5 nitrogen and oxygen atoms in total. The molecule has 0 radical (unpaired) electrons. The second kappa shape index (κ2) is 15.6. The zero-order chi connectivity index (χ0) is 74.7. The Balaban J connectivity index is 1.41. The largest absolute Gasteiger partial charge is 0.278 e. The minimum Gasteiger partial charge on any atom is -0.278 e. The molecule has 12 aromatic rings. The minimum absolute atomic E-state index is 0.379. The van der Waals surface area contributed by atoms with Gasteiger partial charge in [0.1, 0.15) is 0 Å². The van der Waals surface area contributed by atoms with E-state index in [0.29, 0.717) is 14.7 Å². The Morgan fingerprint density at radius 2 is 0.815 bits per heavy atom. The number of nitrogens with zero attached hydrogens (tertiary/aromatic N) is 5. The average Bonchev–Trinajstić information content (AvgIpc) is 1.13. The molecule has 0 aliphatic rings. The van der Waals surface area contributed by atoms with Gasteiger partial charge in [-0.05, 0) is 69.8 Å². The summed E-state index contributed by atoms with van der Waals surface area (Å²) >= 11 is 0. The maximum atomic E-state index is 10.8. The van der Waals surface area contributed by atoms with Crippen LogP contribution in [0.4, 0.5) is 0 Å². The highest BCUT2D eigenvalue weighted by Crippen LogP contribution is 2.34. The lowest BCUT2D eigenvalue weighted by Crippen LogP contribution is -2.74. The van der Waals surface area contributed by atoms with Crippen molar-refractivity contribution in [1.29, 1.82) is 0 Å². The summed E-state index contributed by atoms with van der Waals surface area (Å²) < 4.78 is 335. The Bertz CT molecular complexity index is 5460. The quantitative estimate of drug-likeness (QED) is 0.113. The van der Waals surface area contributed by atoms with Gasteiger partial charge in [-0.2, -0.15) is 15.0 Å². The van der Waals surface area contributed by atoms with Crippen LogP contribution in [0, 0.1) is 13.8 Å². The number of hydrogen-bond donors (Lipinski definition) is 0. The van der Waals surface area contributed by atoms with E-state index < -0.39 is 319 Å². The number of hydrogen-bond acceptors (Lipinski definition) is 3. The van der Waals surface area contributed by atoms with Gasteiger partial charge in [-0.25, -0.2) is 0 Å². The molecule has 0 amide bonds. The molecule has 0 aliphatic carbocycles. The van der Waals surface area contributed by atoms with Gasteiger partial charge in [0.25, 0.3) is 0 Å². The van der Waals surface area contributed by atoms with Crippen molar-refractivity contribution in [3.8, 4) is 34.4 Å². The fourth-order valence-corrected chi connectivity index (χ4v) is 11.7. The summed E-state index contributed by atoms with van der Waals surface area (Å²) in [5.41, 5.74) is -6.99. The average molecular weight is 886 g/mol. The molecule has 0 aliphatic heterocycles. The van der Waals surface area contributed by atoms with Crippen molar-refractivity contribution >= 4 is 72.4 Å². The second-order valence-electron chi connectivity index (χ2n) is 14.2. The maximum absolute atomic E-state index is 10.8. The highest BCUT2D eigenvalue weighted by Gasteiger charge is 2.42. The van der Waals surface area contributed by atoms with E-state index in [-0.39, 0.29) is 0 Å². The second-order valence-corrected chi connectivity index (χ2v) is 17.8. The SMILES string of the molecule is [2H]c1c([2H])c([2H])c(-c2c([2H])c([2H])c([2H])c([Si](c3ccc(C)cc3)(c3c([2H])c([2H])c([2H])c(-c4nc(-n5c6c([2H])c([2H])c([2H])c([2H])c6c6c([2H])c([2H])c([2H])c([2H])c65)nc(-n5c6c([2H])c([2H])c([2H])c([2H])c6c6c([2H])c([2H])c([2H])c([2H])c65)n4)c3[2H])c3c([2H])c([2H])c([2H])c(C([2H])([2H])[2H])c3[2H])c2[2H])c([2H])c1[2H]. The minimum atomic E-state index is -6.30. The monoisotopic (exact) mass is 886 g/mol. The van der Waals surface area contributed by atoms with E-state index in [4.69, 9.17) is 23.3 Å². The number of aromatic nitrogens is 5. The van der Waals surface area contributed by atoms with E-state index in [1.54, 1.807) is 6.92 Å². The normalized spacial score (nSPS) is 20.6. The molecule has 308 valence electrons. The van der Waals surface area contributed by atoms with Crippen molar-refractivity contribution in [3.63, 3.8) is 0 Å². The third kappa shape index (κ3) is 6.33. The van der Waals surface area contributed by atoms with Crippen molar-refractivity contribution in [1.82, 2.24) is 24.1 Å². The standard InChI is InChI=1S/C59H43N5Si/c1-40-33-35-45(36-34-40)65(46-22-14-17-41(2)37-46,47-23-15-20-43(38-47)42-18-4-3-5-19-42)48-24-16-21-44(39-48)57-60-58(63-53-29-10-6-25-49(53)50-26-7-11-30-54(50)63)62-59(61-57)64-55-31-12-8-27-51(55)52-28-9-13-32-56(52)64/h3-39H,1-2H3/i2D3,3D,4D,5D,6D,7D,8D,9D,10D,11D,12D,13D,14D,15D,16D,17D,18D,19D,20D,21D,22D,23D,24D,25D,26D,27D,28D,29D,30D,31D,32D,37D,38D,39D. The van der Waals surface area contributed by atoms with E-state index in [2.05, 4.69) is 15.0 Å². The molecule has 1 atom stereocenters. The topological polar surface area (TPSA) is 48.5 Å². The van der Waals surface area contributed by atoms with Crippen LogP contribution in [0.1, 0.15) is 60.5 Å². The lowest BCUT2D eigenvalue weighted by atomic mass is 10.1. The van der Waals surface area contributed by atoms with Crippen LogP contribution >= 0.6 is 0 Å². The van der Waals surface area contributed by atoms with Gasteiger partial charge in [-0.1, -0.05) is 211 Å².